The van der Waals surface area contributed by atoms with E-state index in [1.165, 1.54) is 22.9 Å². The zero-order valence-corrected chi connectivity index (χ0v) is 16.3. The molecule has 1 aromatic heterocycles. The van der Waals surface area contributed by atoms with Crippen molar-refractivity contribution in [2.45, 2.75) is 43.3 Å². The molecule has 0 bridgehead atoms. The second-order valence-electron chi connectivity index (χ2n) is 6.91. The summed E-state index contributed by atoms with van der Waals surface area (Å²) in [6.45, 7) is 0.658. The van der Waals surface area contributed by atoms with Gasteiger partial charge in [0.05, 0.1) is 11.4 Å². The number of alkyl halides is 3. The number of aromatic nitrogens is 2. The molecule has 2 heterocycles. The summed E-state index contributed by atoms with van der Waals surface area (Å²) in [5, 5.41) is 3.73. The van der Waals surface area contributed by atoms with Crippen molar-refractivity contribution in [1.82, 2.24) is 14.5 Å². The van der Waals surface area contributed by atoms with Crippen LogP contribution in [0.4, 0.5) is 13.2 Å². The standard InChI is InChI=1S/C18H20F3N3O4S/c19-18(20,21)17-13-3-1-2-4-14(13)24(23-17)8-7-22-29(25,26)12-5-6-15-16(11-12)28-10-9-27-15/h5-6,11,22H,1-4,7-10H2. The monoisotopic (exact) mass is 431 g/mol. The summed E-state index contributed by atoms with van der Waals surface area (Å²) in [5.41, 5.74) is -0.0811. The topological polar surface area (TPSA) is 82.5 Å². The van der Waals surface area contributed by atoms with Crippen LogP contribution in [0.1, 0.15) is 29.8 Å². The maximum absolute atomic E-state index is 13.3. The first-order valence-electron chi connectivity index (χ1n) is 9.31. The number of halogens is 3. The second kappa shape index (κ2) is 7.52. The minimum atomic E-state index is -4.52. The quantitative estimate of drug-likeness (QED) is 0.787. The molecule has 1 aliphatic heterocycles. The van der Waals surface area contributed by atoms with E-state index in [2.05, 4.69) is 9.82 Å². The van der Waals surface area contributed by atoms with Gasteiger partial charge in [-0.1, -0.05) is 0 Å². The zero-order chi connectivity index (χ0) is 20.6. The van der Waals surface area contributed by atoms with Crippen molar-refractivity contribution in [2.75, 3.05) is 19.8 Å². The molecule has 158 valence electrons. The lowest BCUT2D eigenvalue weighted by Crippen LogP contribution is -2.28. The predicted octanol–water partition coefficient (Wildman–Crippen LogP) is 2.53. The molecular weight excluding hydrogens is 411 g/mol. The van der Waals surface area contributed by atoms with Gasteiger partial charge in [-0.05, 0) is 37.8 Å². The van der Waals surface area contributed by atoms with Crippen LogP contribution >= 0.6 is 0 Å². The summed E-state index contributed by atoms with van der Waals surface area (Å²) in [6, 6.07) is 4.28. The smallest absolute Gasteiger partial charge is 0.435 e. The molecule has 0 saturated heterocycles. The SMILES string of the molecule is O=S(=O)(NCCn1nc(C(F)(F)F)c2c1CCCC2)c1ccc2c(c1)OCCO2. The van der Waals surface area contributed by atoms with Gasteiger partial charge in [0, 0.05) is 23.9 Å². The Morgan fingerprint density at radius 1 is 1.10 bits per heavy atom. The third kappa shape index (κ3) is 4.06. The van der Waals surface area contributed by atoms with Crippen molar-refractivity contribution >= 4 is 10.0 Å². The summed E-state index contributed by atoms with van der Waals surface area (Å²) in [4.78, 5) is 0.000208. The minimum Gasteiger partial charge on any atom is -0.486 e. The molecule has 1 N–H and O–H groups in total. The molecule has 0 radical (unpaired) electrons. The highest BCUT2D eigenvalue weighted by Crippen LogP contribution is 2.36. The van der Waals surface area contributed by atoms with Crippen LogP contribution in [0.5, 0.6) is 11.5 Å². The maximum atomic E-state index is 13.3. The van der Waals surface area contributed by atoms with Gasteiger partial charge in [-0.3, -0.25) is 4.68 Å². The fourth-order valence-corrected chi connectivity index (χ4v) is 4.68. The Bertz CT molecular complexity index is 1020. The Balaban J connectivity index is 1.48. The van der Waals surface area contributed by atoms with E-state index in [1.807, 2.05) is 0 Å². The Labute approximate surface area is 165 Å². The van der Waals surface area contributed by atoms with Gasteiger partial charge in [0.2, 0.25) is 10.0 Å². The van der Waals surface area contributed by atoms with Crippen molar-refractivity contribution in [3.05, 3.63) is 35.2 Å². The van der Waals surface area contributed by atoms with Crippen LogP contribution in [0.15, 0.2) is 23.1 Å². The minimum absolute atomic E-state index is 0.000208. The first kappa shape index (κ1) is 20.0. The molecule has 4 rings (SSSR count). The van der Waals surface area contributed by atoms with Gasteiger partial charge in [-0.15, -0.1) is 0 Å². The lowest BCUT2D eigenvalue weighted by Gasteiger charge is -2.19. The van der Waals surface area contributed by atoms with Crippen molar-refractivity contribution in [3.63, 3.8) is 0 Å². The Hall–Kier alpha value is -2.27. The highest BCUT2D eigenvalue weighted by atomic mass is 32.2. The average molecular weight is 431 g/mol. The van der Waals surface area contributed by atoms with Crippen LogP contribution in [0.25, 0.3) is 0 Å². The lowest BCUT2D eigenvalue weighted by atomic mass is 9.95. The fourth-order valence-electron chi connectivity index (χ4n) is 3.64. The van der Waals surface area contributed by atoms with E-state index >= 15 is 0 Å². The Morgan fingerprint density at radius 3 is 2.59 bits per heavy atom. The molecule has 0 amide bonds. The summed E-state index contributed by atoms with van der Waals surface area (Å²) in [5.74, 6) is 0.813. The number of benzene rings is 1. The molecule has 0 atom stereocenters. The number of hydrogen-bond donors (Lipinski definition) is 1. The third-order valence-electron chi connectivity index (χ3n) is 4.96. The first-order valence-corrected chi connectivity index (χ1v) is 10.8. The van der Waals surface area contributed by atoms with Crippen LogP contribution in [0, 0.1) is 0 Å². The number of sulfonamides is 1. The van der Waals surface area contributed by atoms with Crippen molar-refractivity contribution in [2.24, 2.45) is 0 Å². The van der Waals surface area contributed by atoms with Gasteiger partial charge in [-0.25, -0.2) is 13.1 Å². The molecular formula is C18H20F3N3O4S. The average Bonchev–Trinajstić information content (AvgIpc) is 3.07. The van der Waals surface area contributed by atoms with Crippen LogP contribution in [-0.2, 0) is 35.6 Å². The molecule has 0 spiro atoms. The lowest BCUT2D eigenvalue weighted by molar-refractivity contribution is -0.142. The van der Waals surface area contributed by atoms with Crippen molar-refractivity contribution in [3.8, 4) is 11.5 Å². The number of nitrogens with one attached hydrogen (secondary N) is 1. The number of ether oxygens (including phenoxy) is 2. The summed E-state index contributed by atoms with van der Waals surface area (Å²) in [6.07, 6.45) is -2.19. The fraction of sp³-hybridized carbons (Fsp3) is 0.500. The number of nitrogens with zero attached hydrogens (tertiary/aromatic N) is 2. The number of fused-ring (bicyclic) bond motifs is 2. The molecule has 2 aromatic rings. The van der Waals surface area contributed by atoms with E-state index in [0.29, 0.717) is 49.7 Å². The third-order valence-corrected chi connectivity index (χ3v) is 6.42. The van der Waals surface area contributed by atoms with Crippen LogP contribution in [0.2, 0.25) is 0 Å². The molecule has 1 aromatic carbocycles. The van der Waals surface area contributed by atoms with Crippen molar-refractivity contribution < 1.29 is 31.1 Å². The second-order valence-corrected chi connectivity index (χ2v) is 8.67. The van der Waals surface area contributed by atoms with Crippen LogP contribution < -0.4 is 14.2 Å². The first-order chi connectivity index (χ1) is 13.8. The van der Waals surface area contributed by atoms with E-state index in [9.17, 15) is 21.6 Å². The van der Waals surface area contributed by atoms with E-state index in [0.717, 1.165) is 6.42 Å². The maximum Gasteiger partial charge on any atom is 0.435 e. The van der Waals surface area contributed by atoms with Crippen LogP contribution in [-0.4, -0.2) is 38.0 Å². The normalized spacial score (nSPS) is 16.5. The number of rotatable bonds is 5. The summed E-state index contributed by atoms with van der Waals surface area (Å²) in [7, 11) is -3.86. The number of hydrogen-bond acceptors (Lipinski definition) is 5. The Morgan fingerprint density at radius 2 is 1.83 bits per heavy atom. The Kier molecular flexibility index (Phi) is 5.19. The van der Waals surface area contributed by atoms with Gasteiger partial charge in [-0.2, -0.15) is 18.3 Å². The van der Waals surface area contributed by atoms with E-state index < -0.39 is 21.9 Å². The summed E-state index contributed by atoms with van der Waals surface area (Å²) < 4.78 is 79.3. The molecule has 29 heavy (non-hydrogen) atoms. The summed E-state index contributed by atoms with van der Waals surface area (Å²) >= 11 is 0. The van der Waals surface area contributed by atoms with Gasteiger partial charge in [0.25, 0.3) is 0 Å². The largest absolute Gasteiger partial charge is 0.486 e. The predicted molar refractivity (Wildman–Crippen MR) is 96.5 cm³/mol. The van der Waals surface area contributed by atoms with Crippen molar-refractivity contribution in [1.29, 1.82) is 0 Å². The molecule has 11 heteroatoms. The molecule has 0 unspecified atom stereocenters. The molecule has 0 saturated carbocycles. The zero-order valence-electron chi connectivity index (χ0n) is 15.5. The highest BCUT2D eigenvalue weighted by molar-refractivity contribution is 7.89. The molecule has 0 fully saturated rings. The van der Waals surface area contributed by atoms with E-state index in [-0.39, 0.29) is 23.5 Å². The van der Waals surface area contributed by atoms with Gasteiger partial charge in [0.15, 0.2) is 17.2 Å². The van der Waals surface area contributed by atoms with Gasteiger partial charge >= 0.3 is 6.18 Å². The van der Waals surface area contributed by atoms with Gasteiger partial charge in [0.1, 0.15) is 13.2 Å². The van der Waals surface area contributed by atoms with Crippen LogP contribution in [0.3, 0.4) is 0 Å². The molecule has 1 aliphatic carbocycles. The highest BCUT2D eigenvalue weighted by Gasteiger charge is 2.39. The molecule has 7 nitrogen and oxygen atoms in total. The van der Waals surface area contributed by atoms with Gasteiger partial charge < -0.3 is 9.47 Å². The van der Waals surface area contributed by atoms with E-state index in [4.69, 9.17) is 9.47 Å². The molecule has 2 aliphatic rings. The van der Waals surface area contributed by atoms with E-state index in [1.54, 1.807) is 0 Å².